The third-order valence-corrected chi connectivity index (χ3v) is 6.98. The Labute approximate surface area is 243 Å². The van der Waals surface area contributed by atoms with Crippen LogP contribution in [0.25, 0.3) is 11.1 Å². The van der Waals surface area contributed by atoms with Crippen molar-refractivity contribution < 1.29 is 28.7 Å². The van der Waals surface area contributed by atoms with Crippen LogP contribution in [0.5, 0.6) is 0 Å². The zero-order valence-electron chi connectivity index (χ0n) is 23.6. The van der Waals surface area contributed by atoms with Crippen LogP contribution in [0, 0.1) is 5.92 Å². The summed E-state index contributed by atoms with van der Waals surface area (Å²) >= 11 is 0. The molecule has 0 bridgehead atoms. The molecule has 4 amide bonds. The lowest BCUT2D eigenvalue weighted by Crippen LogP contribution is -2.51. The summed E-state index contributed by atoms with van der Waals surface area (Å²) in [6, 6.07) is 21.3. The Morgan fingerprint density at radius 3 is 2.38 bits per heavy atom. The summed E-state index contributed by atoms with van der Waals surface area (Å²) in [5, 5.41) is 14.0. The van der Waals surface area contributed by atoms with E-state index in [9.17, 15) is 19.2 Å². The number of hydrogen-bond acceptors (Lipinski definition) is 6. The minimum Gasteiger partial charge on any atom is -0.465 e. The van der Waals surface area contributed by atoms with Gasteiger partial charge in [-0.1, -0.05) is 74.9 Å². The molecule has 1 heterocycles. The molecule has 3 aromatic carbocycles. The van der Waals surface area contributed by atoms with Crippen molar-refractivity contribution in [3.05, 3.63) is 101 Å². The lowest BCUT2D eigenvalue weighted by Gasteiger charge is -2.26. The Balaban J connectivity index is 1.60. The molecule has 0 radical (unpaired) electrons. The zero-order valence-corrected chi connectivity index (χ0v) is 23.6. The number of nitrogens with zero attached hydrogens (tertiary/aromatic N) is 2. The highest BCUT2D eigenvalue weighted by atomic mass is 16.4. The van der Waals surface area contributed by atoms with Crippen LogP contribution in [0.3, 0.4) is 0 Å². The van der Waals surface area contributed by atoms with E-state index in [1.165, 1.54) is 0 Å². The van der Waals surface area contributed by atoms with Gasteiger partial charge < -0.3 is 20.2 Å². The Morgan fingerprint density at radius 2 is 1.67 bits per heavy atom. The van der Waals surface area contributed by atoms with E-state index < -0.39 is 29.9 Å². The van der Waals surface area contributed by atoms with Gasteiger partial charge in [-0.25, -0.2) is 14.6 Å². The number of para-hydroxylation sites is 2. The second kappa shape index (κ2) is 14.1. The van der Waals surface area contributed by atoms with Crippen molar-refractivity contribution in [1.82, 2.24) is 20.5 Å². The average Bonchev–Trinajstić information content (AvgIpc) is 3.45. The molecule has 0 saturated carbocycles. The van der Waals surface area contributed by atoms with Crippen LogP contribution in [-0.2, 0) is 13.0 Å². The van der Waals surface area contributed by atoms with Gasteiger partial charge >= 0.3 is 12.1 Å². The quantitative estimate of drug-likeness (QED) is 0.186. The summed E-state index contributed by atoms with van der Waals surface area (Å²) in [5.74, 6) is -1.17. The number of aromatic nitrogens is 1. The minimum absolute atomic E-state index is 0.00734. The number of oxazole rings is 1. The molecule has 2 atom stereocenters. The number of urea groups is 1. The fourth-order valence-corrected chi connectivity index (χ4v) is 4.42. The molecule has 3 N–H and O–H groups in total. The van der Waals surface area contributed by atoms with E-state index in [2.05, 4.69) is 15.6 Å². The number of nitrogens with one attached hydrogen (secondary N) is 2. The summed E-state index contributed by atoms with van der Waals surface area (Å²) in [6.45, 7) is 4.02. The Bertz CT molecular complexity index is 1520. The molecule has 218 valence electrons. The number of ketones is 1. The minimum atomic E-state index is -1.19. The molecule has 42 heavy (non-hydrogen) atoms. The first-order valence-corrected chi connectivity index (χ1v) is 13.9. The number of amides is 4. The summed E-state index contributed by atoms with van der Waals surface area (Å²) in [6.07, 6.45) is 0.290. The van der Waals surface area contributed by atoms with Crippen LogP contribution in [0.4, 0.5) is 9.59 Å². The van der Waals surface area contributed by atoms with Gasteiger partial charge in [0.15, 0.2) is 5.58 Å². The van der Waals surface area contributed by atoms with E-state index in [4.69, 9.17) is 9.52 Å². The molecule has 4 aromatic rings. The molecular weight excluding hydrogens is 536 g/mol. The summed E-state index contributed by atoms with van der Waals surface area (Å²) in [4.78, 5) is 57.4. The van der Waals surface area contributed by atoms with E-state index in [-0.39, 0.29) is 36.9 Å². The number of aryl methyl sites for hydroxylation is 1. The first kappa shape index (κ1) is 30.0. The monoisotopic (exact) mass is 570 g/mol. The Morgan fingerprint density at radius 1 is 0.952 bits per heavy atom. The summed E-state index contributed by atoms with van der Waals surface area (Å²) in [5.41, 5.74) is 2.77. The second-order valence-electron chi connectivity index (χ2n) is 10.2. The van der Waals surface area contributed by atoms with Gasteiger partial charge in [-0.3, -0.25) is 14.5 Å². The van der Waals surface area contributed by atoms with Crippen LogP contribution in [0.1, 0.15) is 58.9 Å². The number of imide groups is 1. The molecule has 0 aliphatic carbocycles. The smallest absolute Gasteiger partial charge is 0.404 e. The standard InChI is InChI=1S/C32H34N4O6/c1-3-21(2)20-36(30(38)24-13-9-12-23(18-24)19-33-32(40)41)31(39)35-26(17-16-22-10-5-4-6-11-22)28(37)29-34-25-14-7-8-15-27(25)42-29/h4-15,18,21,26,33H,3,16-17,19-20H2,1-2H3,(H,35,39)(H,40,41)/t21?,26-/m0/s1. The number of carbonyl (C=O) groups excluding carboxylic acids is 3. The first-order chi connectivity index (χ1) is 20.2. The maximum atomic E-state index is 13.7. The first-order valence-electron chi connectivity index (χ1n) is 13.9. The van der Waals surface area contributed by atoms with Crippen molar-refractivity contribution in [2.24, 2.45) is 5.92 Å². The maximum Gasteiger partial charge on any atom is 0.404 e. The van der Waals surface area contributed by atoms with Gasteiger partial charge in [0.05, 0.1) is 6.04 Å². The largest absolute Gasteiger partial charge is 0.465 e. The summed E-state index contributed by atoms with van der Waals surface area (Å²) in [7, 11) is 0. The van der Waals surface area contributed by atoms with Crippen LogP contribution in [0.15, 0.2) is 83.3 Å². The molecule has 10 nitrogen and oxygen atoms in total. The highest BCUT2D eigenvalue weighted by molar-refractivity contribution is 6.06. The lowest BCUT2D eigenvalue weighted by molar-refractivity contribution is 0.0764. The van der Waals surface area contributed by atoms with Crippen molar-refractivity contribution in [2.45, 2.75) is 45.7 Å². The normalized spacial score (nSPS) is 12.3. The van der Waals surface area contributed by atoms with Gasteiger partial charge in [0.1, 0.15) is 5.52 Å². The van der Waals surface area contributed by atoms with Gasteiger partial charge in [0.2, 0.25) is 5.78 Å². The van der Waals surface area contributed by atoms with Crippen molar-refractivity contribution in [1.29, 1.82) is 0 Å². The highest BCUT2D eigenvalue weighted by Crippen LogP contribution is 2.19. The molecule has 0 saturated heterocycles. The molecule has 0 fully saturated rings. The van der Waals surface area contributed by atoms with Crippen LogP contribution in [0.2, 0.25) is 0 Å². The Kier molecular flexibility index (Phi) is 10.0. The van der Waals surface area contributed by atoms with Crippen LogP contribution in [-0.4, -0.2) is 51.4 Å². The van der Waals surface area contributed by atoms with E-state index in [0.29, 0.717) is 23.1 Å². The highest BCUT2D eigenvalue weighted by Gasteiger charge is 2.31. The van der Waals surface area contributed by atoms with Crippen molar-refractivity contribution in [2.75, 3.05) is 6.54 Å². The topological polar surface area (TPSA) is 142 Å². The molecule has 4 rings (SSSR count). The molecule has 1 unspecified atom stereocenters. The third kappa shape index (κ3) is 7.81. The fourth-order valence-electron chi connectivity index (χ4n) is 4.42. The number of Topliss-reactive ketones (excluding diaryl/α,β-unsaturated/α-hetero) is 1. The number of fused-ring (bicyclic) bond motifs is 1. The van der Waals surface area contributed by atoms with Gasteiger partial charge in [-0.05, 0) is 54.2 Å². The number of carboxylic acid groups (broad SMARTS) is 1. The van der Waals surface area contributed by atoms with E-state index in [1.54, 1.807) is 48.5 Å². The predicted molar refractivity (Wildman–Crippen MR) is 157 cm³/mol. The van der Waals surface area contributed by atoms with E-state index in [1.807, 2.05) is 44.2 Å². The number of rotatable bonds is 12. The summed E-state index contributed by atoms with van der Waals surface area (Å²) < 4.78 is 5.72. The van der Waals surface area contributed by atoms with Gasteiger partial charge in [-0.15, -0.1) is 0 Å². The van der Waals surface area contributed by atoms with Crippen molar-refractivity contribution in [3.8, 4) is 0 Å². The van der Waals surface area contributed by atoms with Gasteiger partial charge in [-0.2, -0.15) is 0 Å². The number of hydrogen-bond donors (Lipinski definition) is 3. The zero-order chi connectivity index (χ0) is 30.1. The van der Waals surface area contributed by atoms with Crippen LogP contribution < -0.4 is 10.6 Å². The molecule has 0 spiro atoms. The SMILES string of the molecule is CCC(C)CN(C(=O)N[C@@H](CCc1ccccc1)C(=O)c1nc2ccccc2o1)C(=O)c1cccc(CNC(=O)O)c1. The van der Waals surface area contributed by atoms with Crippen LogP contribution >= 0.6 is 0 Å². The van der Waals surface area contributed by atoms with Crippen molar-refractivity contribution >= 4 is 34.9 Å². The van der Waals surface area contributed by atoms with Crippen molar-refractivity contribution in [3.63, 3.8) is 0 Å². The lowest BCUT2D eigenvalue weighted by atomic mass is 10.0. The third-order valence-electron chi connectivity index (χ3n) is 6.98. The maximum absolute atomic E-state index is 13.7. The van der Waals surface area contributed by atoms with E-state index in [0.717, 1.165) is 16.9 Å². The molecule has 1 aromatic heterocycles. The number of benzene rings is 3. The predicted octanol–water partition coefficient (Wildman–Crippen LogP) is 5.68. The fraction of sp³-hybridized carbons (Fsp3) is 0.281. The second-order valence-corrected chi connectivity index (χ2v) is 10.2. The van der Waals surface area contributed by atoms with Gasteiger partial charge in [0, 0.05) is 18.7 Å². The molecular formula is C32H34N4O6. The number of carbonyl (C=O) groups is 4. The molecule has 0 aliphatic heterocycles. The average molecular weight is 571 g/mol. The molecule has 0 aliphatic rings. The van der Waals surface area contributed by atoms with Gasteiger partial charge in [0.25, 0.3) is 11.8 Å². The van der Waals surface area contributed by atoms with E-state index >= 15 is 0 Å². The Hall–Kier alpha value is -4.99. The molecule has 10 heteroatoms.